The van der Waals surface area contributed by atoms with Crippen molar-refractivity contribution in [3.8, 4) is 0 Å². The van der Waals surface area contributed by atoms with Gasteiger partial charge in [0.05, 0.1) is 0 Å². The molecule has 0 saturated heterocycles. The van der Waals surface area contributed by atoms with Gasteiger partial charge >= 0.3 is 0 Å². The molecule has 3 rings (SSSR count). The molecule has 2 fully saturated rings. The Bertz CT molecular complexity index is 398. The number of rotatable bonds is 4. The van der Waals surface area contributed by atoms with E-state index in [1.165, 1.54) is 37.9 Å². The minimum absolute atomic E-state index is 0.856. The number of benzene rings is 1. The van der Waals surface area contributed by atoms with Gasteiger partial charge in [0.25, 0.3) is 0 Å². The van der Waals surface area contributed by atoms with Crippen LogP contribution in [0.15, 0.2) is 24.3 Å². The van der Waals surface area contributed by atoms with Crippen LogP contribution in [-0.4, -0.2) is 13.1 Å². The Balaban J connectivity index is 1.67. The summed E-state index contributed by atoms with van der Waals surface area (Å²) in [7, 11) is 0. The Kier molecular flexibility index (Phi) is 3.19. The van der Waals surface area contributed by atoms with Crippen molar-refractivity contribution in [2.75, 3.05) is 23.7 Å². The van der Waals surface area contributed by atoms with Crippen LogP contribution in [0.2, 0.25) is 0 Å². The van der Waals surface area contributed by atoms with Gasteiger partial charge in [0, 0.05) is 24.5 Å². The highest BCUT2D eigenvalue weighted by Crippen LogP contribution is 2.48. The molecule has 18 heavy (non-hydrogen) atoms. The van der Waals surface area contributed by atoms with Gasteiger partial charge in [-0.1, -0.05) is 6.42 Å². The van der Waals surface area contributed by atoms with Crippen LogP contribution in [0.3, 0.4) is 0 Å². The Morgan fingerprint density at radius 2 is 1.94 bits per heavy atom. The molecule has 3 atom stereocenters. The van der Waals surface area contributed by atoms with Gasteiger partial charge in [0.1, 0.15) is 0 Å². The third-order valence-corrected chi connectivity index (χ3v) is 4.98. The lowest BCUT2D eigenvalue weighted by molar-refractivity contribution is 0.335. The second-order valence-electron chi connectivity index (χ2n) is 6.07. The second kappa shape index (κ2) is 4.83. The van der Waals surface area contributed by atoms with E-state index in [9.17, 15) is 0 Å². The van der Waals surface area contributed by atoms with Crippen LogP contribution >= 0.6 is 0 Å². The Labute approximate surface area is 110 Å². The Hall–Kier alpha value is -1.18. The molecule has 2 N–H and O–H groups in total. The number of nitrogens with zero attached hydrogens (tertiary/aromatic N) is 1. The summed E-state index contributed by atoms with van der Waals surface area (Å²) >= 11 is 0. The molecule has 1 aromatic rings. The number of fused-ring (bicyclic) bond motifs is 2. The van der Waals surface area contributed by atoms with Crippen molar-refractivity contribution in [2.24, 2.45) is 17.8 Å². The molecule has 2 aliphatic carbocycles. The van der Waals surface area contributed by atoms with Gasteiger partial charge < -0.3 is 10.6 Å². The smallest absolute Gasteiger partial charge is 0.0367 e. The fraction of sp³-hybridized carbons (Fsp3) is 0.625. The number of hydrogen-bond donors (Lipinski definition) is 1. The molecule has 2 heteroatoms. The van der Waals surface area contributed by atoms with E-state index < -0.39 is 0 Å². The summed E-state index contributed by atoms with van der Waals surface area (Å²) in [6, 6.07) is 8.34. The minimum Gasteiger partial charge on any atom is -0.399 e. The molecule has 2 aliphatic rings. The summed E-state index contributed by atoms with van der Waals surface area (Å²) in [5, 5.41) is 0. The third-order valence-electron chi connectivity index (χ3n) is 4.98. The number of hydrogen-bond acceptors (Lipinski definition) is 2. The van der Waals surface area contributed by atoms with Gasteiger partial charge in [-0.2, -0.15) is 0 Å². The van der Waals surface area contributed by atoms with Crippen molar-refractivity contribution in [3.63, 3.8) is 0 Å². The fourth-order valence-corrected chi connectivity index (χ4v) is 3.99. The minimum atomic E-state index is 0.856. The summed E-state index contributed by atoms with van der Waals surface area (Å²) in [6.07, 6.45) is 5.95. The molecule has 2 bridgehead atoms. The summed E-state index contributed by atoms with van der Waals surface area (Å²) in [5.41, 5.74) is 7.95. The van der Waals surface area contributed by atoms with Crippen LogP contribution in [-0.2, 0) is 0 Å². The number of nitrogens with two attached hydrogens (primary N) is 1. The Morgan fingerprint density at radius 3 is 2.50 bits per heavy atom. The molecule has 0 aliphatic heterocycles. The standard InChI is InChI=1S/C16H24N2/c1-2-18(16-7-5-15(17)6-8-16)11-14-10-12-3-4-13(14)9-12/h5-8,12-14H,2-4,9-11,17H2,1H3. The maximum Gasteiger partial charge on any atom is 0.0367 e. The zero-order valence-electron chi connectivity index (χ0n) is 11.3. The normalized spacial score (nSPS) is 29.7. The van der Waals surface area contributed by atoms with Crippen LogP contribution in [0, 0.1) is 17.8 Å². The molecule has 0 heterocycles. The van der Waals surface area contributed by atoms with E-state index in [4.69, 9.17) is 5.73 Å². The number of nitrogen functional groups attached to an aromatic ring is 1. The van der Waals surface area contributed by atoms with E-state index in [-0.39, 0.29) is 0 Å². The number of anilines is 2. The van der Waals surface area contributed by atoms with Crippen LogP contribution in [0.5, 0.6) is 0 Å². The molecule has 98 valence electrons. The van der Waals surface area contributed by atoms with Gasteiger partial charge in [-0.15, -0.1) is 0 Å². The van der Waals surface area contributed by atoms with Gasteiger partial charge in [-0.25, -0.2) is 0 Å². The summed E-state index contributed by atoms with van der Waals surface area (Å²) in [5.74, 6) is 2.99. The molecule has 3 unspecified atom stereocenters. The average Bonchev–Trinajstić information content (AvgIpc) is 2.99. The van der Waals surface area contributed by atoms with E-state index in [0.29, 0.717) is 0 Å². The van der Waals surface area contributed by atoms with Gasteiger partial charge in [-0.3, -0.25) is 0 Å². The summed E-state index contributed by atoms with van der Waals surface area (Å²) in [6.45, 7) is 4.59. The monoisotopic (exact) mass is 244 g/mol. The first-order valence-corrected chi connectivity index (χ1v) is 7.36. The third kappa shape index (κ3) is 2.21. The average molecular weight is 244 g/mol. The second-order valence-corrected chi connectivity index (χ2v) is 6.07. The SMILES string of the molecule is CCN(CC1CC2CCC1C2)c1ccc(N)cc1. The van der Waals surface area contributed by atoms with Gasteiger partial charge in [0.2, 0.25) is 0 Å². The van der Waals surface area contributed by atoms with Gasteiger partial charge in [-0.05, 0) is 68.2 Å². The first kappa shape index (κ1) is 11.9. The zero-order valence-corrected chi connectivity index (χ0v) is 11.3. The van der Waals surface area contributed by atoms with Crippen molar-refractivity contribution in [1.82, 2.24) is 0 Å². The quantitative estimate of drug-likeness (QED) is 0.821. The van der Waals surface area contributed by atoms with Crippen molar-refractivity contribution in [1.29, 1.82) is 0 Å². The molecule has 0 spiro atoms. The van der Waals surface area contributed by atoms with E-state index >= 15 is 0 Å². The van der Waals surface area contributed by atoms with E-state index in [2.05, 4.69) is 24.0 Å². The Morgan fingerprint density at radius 1 is 1.17 bits per heavy atom. The van der Waals surface area contributed by atoms with E-state index in [0.717, 1.165) is 30.0 Å². The predicted octanol–water partition coefficient (Wildman–Crippen LogP) is 3.53. The first-order valence-electron chi connectivity index (χ1n) is 7.36. The van der Waals surface area contributed by atoms with Crippen molar-refractivity contribution >= 4 is 11.4 Å². The molecular formula is C16H24N2. The van der Waals surface area contributed by atoms with Crippen LogP contribution in [0.1, 0.15) is 32.6 Å². The van der Waals surface area contributed by atoms with Crippen molar-refractivity contribution in [3.05, 3.63) is 24.3 Å². The van der Waals surface area contributed by atoms with Crippen LogP contribution in [0.4, 0.5) is 11.4 Å². The van der Waals surface area contributed by atoms with Crippen LogP contribution in [0.25, 0.3) is 0 Å². The topological polar surface area (TPSA) is 29.3 Å². The zero-order chi connectivity index (χ0) is 12.5. The molecule has 1 aromatic carbocycles. The lowest BCUT2D eigenvalue weighted by Crippen LogP contribution is -2.31. The summed E-state index contributed by atoms with van der Waals surface area (Å²) in [4.78, 5) is 2.52. The molecule has 0 amide bonds. The highest BCUT2D eigenvalue weighted by molar-refractivity contribution is 5.53. The van der Waals surface area contributed by atoms with Crippen molar-refractivity contribution < 1.29 is 0 Å². The van der Waals surface area contributed by atoms with Crippen LogP contribution < -0.4 is 10.6 Å². The van der Waals surface area contributed by atoms with E-state index in [1.807, 2.05) is 12.1 Å². The lowest BCUT2D eigenvalue weighted by Gasteiger charge is -2.30. The fourth-order valence-electron chi connectivity index (χ4n) is 3.99. The molecular weight excluding hydrogens is 220 g/mol. The lowest BCUT2D eigenvalue weighted by atomic mass is 9.88. The summed E-state index contributed by atoms with van der Waals surface area (Å²) < 4.78 is 0. The van der Waals surface area contributed by atoms with Crippen molar-refractivity contribution in [2.45, 2.75) is 32.6 Å². The van der Waals surface area contributed by atoms with E-state index in [1.54, 1.807) is 0 Å². The maximum atomic E-state index is 5.76. The highest BCUT2D eigenvalue weighted by atomic mass is 15.1. The molecule has 0 aromatic heterocycles. The van der Waals surface area contributed by atoms with Gasteiger partial charge in [0.15, 0.2) is 0 Å². The molecule has 0 radical (unpaired) electrons. The molecule has 2 saturated carbocycles. The largest absolute Gasteiger partial charge is 0.399 e. The highest BCUT2D eigenvalue weighted by Gasteiger charge is 2.39. The molecule has 2 nitrogen and oxygen atoms in total. The first-order chi connectivity index (χ1) is 8.76. The maximum absolute atomic E-state index is 5.76. The predicted molar refractivity (Wildman–Crippen MR) is 77.7 cm³/mol.